The Labute approximate surface area is 110 Å². The Kier molecular flexibility index (Phi) is 2.66. The van der Waals surface area contributed by atoms with Gasteiger partial charge >= 0.3 is 0 Å². The summed E-state index contributed by atoms with van der Waals surface area (Å²) in [4.78, 5) is 16.1. The number of aromatic amines is 1. The van der Waals surface area contributed by atoms with Gasteiger partial charge in [0.05, 0.1) is 12.0 Å². The van der Waals surface area contributed by atoms with Gasteiger partial charge < -0.3 is 10.3 Å². The fourth-order valence-electron chi connectivity index (χ4n) is 2.05. The van der Waals surface area contributed by atoms with Crippen LogP contribution >= 0.6 is 0 Å². The Morgan fingerprint density at radius 1 is 1.32 bits per heavy atom. The highest BCUT2D eigenvalue weighted by molar-refractivity contribution is 5.79. The van der Waals surface area contributed by atoms with Crippen molar-refractivity contribution in [1.29, 1.82) is 0 Å². The van der Waals surface area contributed by atoms with Gasteiger partial charge in [-0.15, -0.1) is 0 Å². The van der Waals surface area contributed by atoms with Crippen LogP contribution in [0.4, 0.5) is 5.95 Å². The van der Waals surface area contributed by atoms with Gasteiger partial charge in [-0.05, 0) is 26.8 Å². The van der Waals surface area contributed by atoms with Gasteiger partial charge in [0.2, 0.25) is 5.95 Å². The monoisotopic (exact) mass is 257 g/mol. The third-order valence-electron chi connectivity index (χ3n) is 2.81. The molecule has 0 unspecified atom stereocenters. The number of nitrogens with zero attached hydrogens (tertiary/aromatic N) is 5. The van der Waals surface area contributed by atoms with E-state index in [4.69, 9.17) is 0 Å². The smallest absolute Gasteiger partial charge is 0.226 e. The first-order chi connectivity index (χ1) is 9.19. The molecule has 0 aromatic carbocycles. The number of aryl methyl sites for hydroxylation is 2. The zero-order valence-electron chi connectivity index (χ0n) is 11.1. The van der Waals surface area contributed by atoms with E-state index in [9.17, 15) is 0 Å². The van der Waals surface area contributed by atoms with Crippen molar-refractivity contribution in [3.63, 3.8) is 0 Å². The maximum absolute atomic E-state index is 4.51. The summed E-state index contributed by atoms with van der Waals surface area (Å²) in [5, 5.41) is 7.57. The molecule has 0 aliphatic carbocycles. The average Bonchev–Trinajstić information content (AvgIpc) is 2.95. The molecule has 0 saturated carbocycles. The van der Waals surface area contributed by atoms with E-state index in [0.29, 0.717) is 17.4 Å². The minimum atomic E-state index is 0.560. The first-order valence-corrected chi connectivity index (χ1v) is 6.17. The predicted octanol–water partition coefficient (Wildman–Crippen LogP) is 1.59. The van der Waals surface area contributed by atoms with Crippen LogP contribution in [0.1, 0.15) is 18.3 Å². The first kappa shape index (κ1) is 11.6. The van der Waals surface area contributed by atoms with Crippen LogP contribution in [0.25, 0.3) is 17.0 Å². The van der Waals surface area contributed by atoms with E-state index >= 15 is 0 Å². The molecule has 0 aliphatic rings. The van der Waals surface area contributed by atoms with Crippen molar-refractivity contribution in [2.45, 2.75) is 20.8 Å². The second kappa shape index (κ2) is 4.34. The van der Waals surface area contributed by atoms with Crippen molar-refractivity contribution >= 4 is 17.1 Å². The molecule has 0 radical (unpaired) electrons. The first-order valence-electron chi connectivity index (χ1n) is 6.17. The maximum Gasteiger partial charge on any atom is 0.226 e. The molecular weight excluding hydrogens is 242 g/mol. The maximum atomic E-state index is 4.51. The van der Waals surface area contributed by atoms with Crippen molar-refractivity contribution in [2.24, 2.45) is 0 Å². The molecule has 0 atom stereocenters. The molecule has 0 saturated heterocycles. The highest BCUT2D eigenvalue weighted by Gasteiger charge is 2.14. The Bertz CT molecular complexity index is 725. The lowest BCUT2D eigenvalue weighted by molar-refractivity contribution is 0.808. The Morgan fingerprint density at radius 2 is 2.16 bits per heavy atom. The van der Waals surface area contributed by atoms with Crippen molar-refractivity contribution in [1.82, 2.24) is 29.7 Å². The summed E-state index contributed by atoms with van der Waals surface area (Å²) < 4.78 is 1.80. The molecule has 19 heavy (non-hydrogen) atoms. The summed E-state index contributed by atoms with van der Waals surface area (Å²) in [5.74, 6) is 1.27. The molecule has 3 aromatic heterocycles. The van der Waals surface area contributed by atoms with Crippen LogP contribution in [0.5, 0.6) is 0 Å². The van der Waals surface area contributed by atoms with Crippen LogP contribution in [0.15, 0.2) is 12.4 Å². The van der Waals surface area contributed by atoms with Gasteiger partial charge in [-0.2, -0.15) is 15.1 Å². The lowest BCUT2D eigenvalue weighted by Gasteiger charge is -2.07. The normalized spacial score (nSPS) is 11.1. The van der Waals surface area contributed by atoms with Crippen molar-refractivity contribution < 1.29 is 0 Å². The van der Waals surface area contributed by atoms with Gasteiger partial charge in [-0.25, -0.2) is 9.67 Å². The largest absolute Gasteiger partial charge is 0.354 e. The van der Waals surface area contributed by atoms with Crippen molar-refractivity contribution in [3.05, 3.63) is 23.8 Å². The molecular formula is C12H15N7. The molecule has 3 heterocycles. The zero-order chi connectivity index (χ0) is 13.4. The van der Waals surface area contributed by atoms with Gasteiger partial charge in [-0.1, -0.05) is 0 Å². The molecule has 0 bridgehead atoms. The highest BCUT2D eigenvalue weighted by Crippen LogP contribution is 2.19. The number of anilines is 1. The third-order valence-corrected chi connectivity index (χ3v) is 2.81. The lowest BCUT2D eigenvalue weighted by Crippen LogP contribution is -2.08. The van der Waals surface area contributed by atoms with Crippen LogP contribution in [-0.4, -0.2) is 36.3 Å². The van der Waals surface area contributed by atoms with Gasteiger partial charge in [-0.3, -0.25) is 0 Å². The number of H-pyrrole nitrogens is 1. The van der Waals surface area contributed by atoms with Crippen LogP contribution < -0.4 is 5.32 Å². The summed E-state index contributed by atoms with van der Waals surface area (Å²) in [6.07, 6.45) is 1.62. The predicted molar refractivity (Wildman–Crippen MR) is 72.4 cm³/mol. The number of hydrogen-bond donors (Lipinski definition) is 2. The second-order valence-corrected chi connectivity index (χ2v) is 4.34. The van der Waals surface area contributed by atoms with E-state index in [0.717, 1.165) is 23.4 Å². The van der Waals surface area contributed by atoms with Gasteiger partial charge in [0.1, 0.15) is 5.52 Å². The van der Waals surface area contributed by atoms with E-state index in [2.05, 4.69) is 30.4 Å². The van der Waals surface area contributed by atoms with Crippen LogP contribution in [0, 0.1) is 13.8 Å². The van der Waals surface area contributed by atoms with Crippen molar-refractivity contribution in [3.8, 4) is 5.82 Å². The molecule has 3 rings (SSSR count). The third kappa shape index (κ3) is 1.92. The van der Waals surface area contributed by atoms with Gasteiger partial charge in [0, 0.05) is 12.2 Å². The van der Waals surface area contributed by atoms with Crippen LogP contribution in [0.2, 0.25) is 0 Å². The summed E-state index contributed by atoms with van der Waals surface area (Å²) in [6.45, 7) is 6.71. The van der Waals surface area contributed by atoms with E-state index in [1.807, 2.05) is 26.8 Å². The molecule has 0 amide bonds. The minimum Gasteiger partial charge on any atom is -0.354 e. The SMILES string of the molecule is CCNc1nc(-n2nc(C)cc2C)c2[nH]cnc2n1. The number of rotatable bonds is 3. The molecule has 98 valence electrons. The molecule has 0 spiro atoms. The highest BCUT2D eigenvalue weighted by atomic mass is 15.3. The molecule has 0 aliphatic heterocycles. The number of nitrogens with one attached hydrogen (secondary N) is 2. The van der Waals surface area contributed by atoms with E-state index < -0.39 is 0 Å². The second-order valence-electron chi connectivity index (χ2n) is 4.34. The Balaban J connectivity index is 2.26. The molecule has 0 fully saturated rings. The molecule has 2 N–H and O–H groups in total. The quantitative estimate of drug-likeness (QED) is 0.744. The number of aromatic nitrogens is 6. The van der Waals surface area contributed by atoms with E-state index in [1.54, 1.807) is 11.0 Å². The van der Waals surface area contributed by atoms with Gasteiger partial charge in [0.25, 0.3) is 0 Å². The lowest BCUT2D eigenvalue weighted by atomic mass is 10.4. The zero-order valence-corrected chi connectivity index (χ0v) is 11.1. The van der Waals surface area contributed by atoms with Crippen LogP contribution in [0.3, 0.4) is 0 Å². The van der Waals surface area contributed by atoms with Gasteiger partial charge in [0.15, 0.2) is 11.5 Å². The fourth-order valence-corrected chi connectivity index (χ4v) is 2.05. The number of fused-ring (bicyclic) bond motifs is 1. The average molecular weight is 257 g/mol. The van der Waals surface area contributed by atoms with E-state index in [1.165, 1.54) is 0 Å². The number of imidazole rings is 1. The molecule has 7 heteroatoms. The summed E-state index contributed by atoms with van der Waals surface area (Å²) in [6, 6.07) is 2.01. The summed E-state index contributed by atoms with van der Waals surface area (Å²) in [5.41, 5.74) is 3.39. The topological polar surface area (TPSA) is 84.3 Å². The fraction of sp³-hybridized carbons (Fsp3) is 0.333. The molecule has 3 aromatic rings. The van der Waals surface area contributed by atoms with E-state index in [-0.39, 0.29) is 0 Å². The Hall–Kier alpha value is -2.44. The number of hydrogen-bond acceptors (Lipinski definition) is 5. The van der Waals surface area contributed by atoms with Crippen molar-refractivity contribution in [2.75, 3.05) is 11.9 Å². The molecule has 7 nitrogen and oxygen atoms in total. The Morgan fingerprint density at radius 3 is 2.84 bits per heavy atom. The summed E-state index contributed by atoms with van der Waals surface area (Å²) >= 11 is 0. The van der Waals surface area contributed by atoms with Crippen LogP contribution in [-0.2, 0) is 0 Å². The minimum absolute atomic E-state index is 0.560. The standard InChI is InChI=1S/C12H15N7/c1-4-13-12-16-10-9(14-6-15-10)11(17-12)19-8(3)5-7(2)18-19/h5-6H,4H2,1-3H3,(H2,13,14,15,16,17). The summed E-state index contributed by atoms with van der Waals surface area (Å²) in [7, 11) is 0.